The number of furan rings is 1. The Kier molecular flexibility index (Phi) is 4.19. The van der Waals surface area contributed by atoms with E-state index in [1.54, 1.807) is 51.1 Å². The van der Waals surface area contributed by atoms with Gasteiger partial charge in [0.05, 0.1) is 22.9 Å². The Morgan fingerprint density at radius 3 is 2.48 bits per heavy atom. The third kappa shape index (κ3) is 3.37. The molecule has 1 aromatic carbocycles. The van der Waals surface area contributed by atoms with Crippen LogP contribution < -0.4 is 5.43 Å². The topological polar surface area (TPSA) is 78.4 Å². The third-order valence-electron chi connectivity index (χ3n) is 3.04. The number of aryl methyl sites for hydroxylation is 2. The van der Waals surface area contributed by atoms with Gasteiger partial charge in [0.25, 0.3) is 5.91 Å². The summed E-state index contributed by atoms with van der Waals surface area (Å²) in [6, 6.07) is 10.7. The predicted molar refractivity (Wildman–Crippen MR) is 79.0 cm³/mol. The zero-order valence-electron chi connectivity index (χ0n) is 12.1. The van der Waals surface area contributed by atoms with E-state index in [-0.39, 0.29) is 5.91 Å². The van der Waals surface area contributed by atoms with Crippen LogP contribution in [-0.2, 0) is 0 Å². The molecule has 2 aromatic rings. The first-order valence-corrected chi connectivity index (χ1v) is 6.43. The molecular weight excluding hydrogens is 266 g/mol. The number of benzene rings is 1. The van der Waals surface area contributed by atoms with E-state index in [0.29, 0.717) is 28.4 Å². The average molecular weight is 281 g/mol. The lowest BCUT2D eigenvalue weighted by atomic mass is 10.1. The number of rotatable bonds is 3. The van der Waals surface area contributed by atoms with E-state index in [1.807, 2.05) is 0 Å². The second-order valence-electron chi connectivity index (χ2n) is 4.65. The number of nitriles is 1. The number of nitrogens with one attached hydrogen (secondary N) is 1. The molecule has 0 atom stereocenters. The normalized spacial score (nSPS) is 11.0. The highest BCUT2D eigenvalue weighted by molar-refractivity contribution is 6.01. The van der Waals surface area contributed by atoms with Gasteiger partial charge >= 0.3 is 0 Å². The molecule has 0 unspecified atom stereocenters. The Labute approximate surface area is 122 Å². The molecule has 2 rings (SSSR count). The first kappa shape index (κ1) is 14.5. The quantitative estimate of drug-likeness (QED) is 0.694. The summed E-state index contributed by atoms with van der Waals surface area (Å²) in [7, 11) is 0. The van der Waals surface area contributed by atoms with Crippen molar-refractivity contribution in [2.45, 2.75) is 20.8 Å². The number of carbonyl (C=O) groups is 1. The van der Waals surface area contributed by atoms with Crippen molar-refractivity contribution in [1.82, 2.24) is 5.43 Å². The molecule has 0 radical (unpaired) electrons. The van der Waals surface area contributed by atoms with Crippen molar-refractivity contribution in [3.05, 3.63) is 58.5 Å². The van der Waals surface area contributed by atoms with Crippen molar-refractivity contribution < 1.29 is 9.21 Å². The number of carbonyl (C=O) groups excluding carboxylic acids is 1. The van der Waals surface area contributed by atoms with Gasteiger partial charge in [0.1, 0.15) is 11.5 Å². The van der Waals surface area contributed by atoms with Crippen molar-refractivity contribution in [2.75, 3.05) is 0 Å². The second kappa shape index (κ2) is 6.06. The maximum Gasteiger partial charge on any atom is 0.274 e. The molecule has 0 bridgehead atoms. The molecule has 0 fully saturated rings. The van der Waals surface area contributed by atoms with Crippen molar-refractivity contribution in [3.8, 4) is 6.07 Å². The van der Waals surface area contributed by atoms with Crippen molar-refractivity contribution >= 4 is 11.6 Å². The first-order chi connectivity index (χ1) is 10.0. The van der Waals surface area contributed by atoms with E-state index in [2.05, 4.69) is 16.6 Å². The van der Waals surface area contributed by atoms with E-state index < -0.39 is 0 Å². The van der Waals surface area contributed by atoms with Gasteiger partial charge in [-0.15, -0.1) is 0 Å². The third-order valence-corrected chi connectivity index (χ3v) is 3.04. The smallest absolute Gasteiger partial charge is 0.274 e. The Balaban J connectivity index is 2.11. The summed E-state index contributed by atoms with van der Waals surface area (Å²) in [5, 5.41) is 12.8. The highest BCUT2D eigenvalue weighted by Crippen LogP contribution is 2.13. The van der Waals surface area contributed by atoms with Crippen molar-refractivity contribution in [2.24, 2.45) is 5.10 Å². The molecule has 5 heteroatoms. The average Bonchev–Trinajstić information content (AvgIpc) is 2.83. The van der Waals surface area contributed by atoms with Crippen molar-refractivity contribution in [3.63, 3.8) is 0 Å². The van der Waals surface area contributed by atoms with Gasteiger partial charge in [0.15, 0.2) is 0 Å². The van der Waals surface area contributed by atoms with Gasteiger partial charge in [-0.25, -0.2) is 5.43 Å². The van der Waals surface area contributed by atoms with Gasteiger partial charge in [-0.05, 0) is 44.5 Å². The van der Waals surface area contributed by atoms with Crippen LogP contribution in [0.25, 0.3) is 0 Å². The van der Waals surface area contributed by atoms with Gasteiger partial charge in [0.2, 0.25) is 0 Å². The number of hydrazone groups is 1. The van der Waals surface area contributed by atoms with Crippen LogP contribution in [0.3, 0.4) is 0 Å². The van der Waals surface area contributed by atoms with Crippen LogP contribution in [0.2, 0.25) is 0 Å². The summed E-state index contributed by atoms with van der Waals surface area (Å²) in [5.74, 6) is 0.944. The maximum atomic E-state index is 12.0. The molecule has 1 aromatic heterocycles. The number of hydrogen-bond donors (Lipinski definition) is 1. The minimum Gasteiger partial charge on any atom is -0.466 e. The molecule has 0 spiro atoms. The number of hydrogen-bond acceptors (Lipinski definition) is 4. The fourth-order valence-corrected chi connectivity index (χ4v) is 1.90. The molecule has 1 heterocycles. The fourth-order valence-electron chi connectivity index (χ4n) is 1.90. The van der Waals surface area contributed by atoms with Gasteiger partial charge in [-0.2, -0.15) is 10.4 Å². The Bertz CT molecular complexity index is 734. The standard InChI is InChI=1S/C16H15N3O2/c1-10-8-15(12(3)21-10)16(20)19-18-11(2)14-6-4-13(9-17)5-7-14/h4-8H,1-3H3,(H,19,20)/b18-11-. The van der Waals surface area contributed by atoms with Gasteiger partial charge in [-0.1, -0.05) is 12.1 Å². The van der Waals surface area contributed by atoms with Crippen molar-refractivity contribution in [1.29, 1.82) is 5.26 Å². The SMILES string of the molecule is C/C(=N/NC(=O)c1cc(C)oc1C)c1ccc(C#N)cc1. The Morgan fingerprint density at radius 1 is 1.29 bits per heavy atom. The van der Waals surface area contributed by atoms with Crippen LogP contribution in [0.15, 0.2) is 39.9 Å². The lowest BCUT2D eigenvalue weighted by Crippen LogP contribution is -2.19. The largest absolute Gasteiger partial charge is 0.466 e. The fraction of sp³-hybridized carbons (Fsp3) is 0.188. The summed E-state index contributed by atoms with van der Waals surface area (Å²) in [6.45, 7) is 5.31. The molecule has 0 saturated heterocycles. The number of amides is 1. The van der Waals surface area contributed by atoms with Crippen LogP contribution in [0.5, 0.6) is 0 Å². The summed E-state index contributed by atoms with van der Waals surface area (Å²) < 4.78 is 5.31. The van der Waals surface area contributed by atoms with E-state index in [9.17, 15) is 4.79 Å². The molecular formula is C16H15N3O2. The second-order valence-corrected chi connectivity index (χ2v) is 4.65. The summed E-state index contributed by atoms with van der Waals surface area (Å²) in [5.41, 5.74) is 5.06. The molecule has 0 saturated carbocycles. The molecule has 1 amide bonds. The van der Waals surface area contributed by atoms with Gasteiger partial charge in [0, 0.05) is 0 Å². The molecule has 0 aliphatic rings. The van der Waals surface area contributed by atoms with E-state index in [4.69, 9.17) is 9.68 Å². The van der Waals surface area contributed by atoms with Gasteiger partial charge in [-0.3, -0.25) is 4.79 Å². The Hall–Kier alpha value is -2.87. The van der Waals surface area contributed by atoms with Crippen LogP contribution >= 0.6 is 0 Å². The van der Waals surface area contributed by atoms with Crippen LogP contribution in [0.1, 0.15) is 39.9 Å². The molecule has 21 heavy (non-hydrogen) atoms. The summed E-state index contributed by atoms with van der Waals surface area (Å²) >= 11 is 0. The Morgan fingerprint density at radius 2 is 1.95 bits per heavy atom. The van der Waals surface area contributed by atoms with E-state index in [1.165, 1.54) is 0 Å². The van der Waals surface area contributed by atoms with Crippen LogP contribution in [0.4, 0.5) is 0 Å². The maximum absolute atomic E-state index is 12.0. The molecule has 0 aliphatic carbocycles. The predicted octanol–water partition coefficient (Wildman–Crippen LogP) is 2.92. The zero-order chi connectivity index (χ0) is 15.4. The molecule has 0 aliphatic heterocycles. The highest BCUT2D eigenvalue weighted by Gasteiger charge is 2.12. The minimum atomic E-state index is -0.308. The van der Waals surface area contributed by atoms with Gasteiger partial charge < -0.3 is 4.42 Å². The minimum absolute atomic E-state index is 0.308. The number of nitrogens with zero attached hydrogens (tertiary/aromatic N) is 2. The highest BCUT2D eigenvalue weighted by atomic mass is 16.3. The molecule has 5 nitrogen and oxygen atoms in total. The van der Waals surface area contributed by atoms with Crippen LogP contribution in [0, 0.1) is 25.2 Å². The molecule has 106 valence electrons. The van der Waals surface area contributed by atoms with E-state index >= 15 is 0 Å². The summed E-state index contributed by atoms with van der Waals surface area (Å²) in [4.78, 5) is 12.0. The monoisotopic (exact) mass is 281 g/mol. The lowest BCUT2D eigenvalue weighted by Gasteiger charge is -2.02. The molecule has 1 N–H and O–H groups in total. The van der Waals surface area contributed by atoms with Crippen LogP contribution in [-0.4, -0.2) is 11.6 Å². The first-order valence-electron chi connectivity index (χ1n) is 6.43. The summed E-state index contributed by atoms with van der Waals surface area (Å²) in [6.07, 6.45) is 0. The van der Waals surface area contributed by atoms with E-state index in [0.717, 1.165) is 5.56 Å². The zero-order valence-corrected chi connectivity index (χ0v) is 12.1. The lowest BCUT2D eigenvalue weighted by molar-refractivity contribution is 0.0953.